The highest BCUT2D eigenvalue weighted by Crippen LogP contribution is 2.34. The minimum atomic E-state index is -0.659. The number of hydrogen-bond donors (Lipinski definition) is 1. The minimum Gasteiger partial charge on any atom is -0.497 e. The molecule has 1 aliphatic heterocycles. The molecule has 0 spiro atoms. The maximum Gasteiger partial charge on any atom is 0.284 e. The number of methoxy groups -OCH3 is 1. The van der Waals surface area contributed by atoms with E-state index in [0.29, 0.717) is 5.75 Å². The van der Waals surface area contributed by atoms with Crippen LogP contribution in [0.1, 0.15) is 5.76 Å². The lowest BCUT2D eigenvalue weighted by Crippen LogP contribution is -2.53. The Labute approximate surface area is 170 Å². The summed E-state index contributed by atoms with van der Waals surface area (Å²) in [6.45, 7) is 3.69. The normalized spacial score (nSPS) is 15.4. The second-order valence-corrected chi connectivity index (χ2v) is 6.25. The summed E-state index contributed by atoms with van der Waals surface area (Å²) in [5.41, 5.74) is -0.146. The van der Waals surface area contributed by atoms with Crippen molar-refractivity contribution in [2.75, 3.05) is 13.7 Å². The van der Waals surface area contributed by atoms with Crippen molar-refractivity contribution in [3.05, 3.63) is 64.4 Å². The van der Waals surface area contributed by atoms with Crippen molar-refractivity contribution in [3.8, 4) is 17.1 Å². The van der Waals surface area contributed by atoms with E-state index in [1.165, 1.54) is 48.4 Å². The Morgan fingerprint density at radius 1 is 1.34 bits per heavy atom. The number of carbonyl (C=O) groups is 2. The third kappa shape index (κ3) is 3.92. The van der Waals surface area contributed by atoms with E-state index < -0.39 is 16.7 Å². The van der Waals surface area contributed by atoms with Crippen LogP contribution in [0.2, 0.25) is 0 Å². The molecule has 2 aromatic rings. The first kappa shape index (κ1) is 20.0. The van der Waals surface area contributed by atoms with Gasteiger partial charge in [0.15, 0.2) is 5.11 Å². The average Bonchev–Trinajstić information content (AvgIpc) is 3.16. The van der Waals surface area contributed by atoms with Crippen molar-refractivity contribution < 1.29 is 23.7 Å². The molecule has 1 fully saturated rings. The molecule has 0 radical (unpaired) electrons. The van der Waals surface area contributed by atoms with Gasteiger partial charge in [0, 0.05) is 6.54 Å². The lowest BCUT2D eigenvalue weighted by molar-refractivity contribution is -0.384. The van der Waals surface area contributed by atoms with Crippen molar-refractivity contribution in [2.45, 2.75) is 0 Å². The first-order valence-electron chi connectivity index (χ1n) is 8.28. The number of nitrogens with one attached hydrogen (secondary N) is 1. The molecule has 1 aliphatic rings. The standard InChI is InChI=1S/C19H15N3O6S/c1-3-8-21-18(24)14(17(23)20-19(21)29)9-12-5-7-16(28-12)13-6-4-11(27-2)10-15(13)22(25)26/h3-7,9-10H,1,8H2,2H3,(H,20,23,29)/b14-9-. The van der Waals surface area contributed by atoms with Gasteiger partial charge < -0.3 is 9.15 Å². The third-order valence-electron chi connectivity index (χ3n) is 4.08. The number of hydrogen-bond acceptors (Lipinski definition) is 7. The maximum absolute atomic E-state index is 12.5. The molecule has 2 heterocycles. The molecule has 0 atom stereocenters. The number of amides is 2. The van der Waals surface area contributed by atoms with Crippen LogP contribution in [0.5, 0.6) is 5.75 Å². The summed E-state index contributed by atoms with van der Waals surface area (Å²) in [4.78, 5) is 36.7. The summed E-state index contributed by atoms with van der Waals surface area (Å²) in [5.74, 6) is -0.541. The molecule has 3 rings (SSSR count). The number of benzene rings is 1. The Kier molecular flexibility index (Phi) is 5.55. The Balaban J connectivity index is 1.97. The molecule has 10 heteroatoms. The van der Waals surface area contributed by atoms with E-state index in [-0.39, 0.29) is 40.0 Å². The Bertz CT molecular complexity index is 1070. The van der Waals surface area contributed by atoms with Gasteiger partial charge in [-0.15, -0.1) is 6.58 Å². The smallest absolute Gasteiger partial charge is 0.284 e. The number of nitrogens with zero attached hydrogens (tertiary/aromatic N) is 2. The van der Waals surface area contributed by atoms with E-state index in [9.17, 15) is 19.7 Å². The van der Waals surface area contributed by atoms with Crippen LogP contribution in [0.25, 0.3) is 17.4 Å². The summed E-state index contributed by atoms with van der Waals surface area (Å²) >= 11 is 4.99. The second kappa shape index (κ2) is 8.07. The van der Waals surface area contributed by atoms with Crippen LogP contribution in [0, 0.1) is 10.1 Å². The Morgan fingerprint density at radius 2 is 2.10 bits per heavy atom. The molecule has 0 saturated carbocycles. The molecular weight excluding hydrogens is 398 g/mol. The Hall–Kier alpha value is -3.79. The molecule has 0 unspecified atom stereocenters. The molecule has 1 N–H and O–H groups in total. The van der Waals surface area contributed by atoms with Gasteiger partial charge in [-0.25, -0.2) is 0 Å². The molecule has 1 aromatic carbocycles. The summed E-state index contributed by atoms with van der Waals surface area (Å²) in [5, 5.41) is 13.8. The number of ether oxygens (including phenoxy) is 1. The number of nitro benzene ring substituents is 1. The lowest BCUT2D eigenvalue weighted by atomic mass is 10.1. The number of thiocarbonyl (C=S) groups is 1. The minimum absolute atomic E-state index is 0.00829. The lowest BCUT2D eigenvalue weighted by Gasteiger charge is -2.27. The van der Waals surface area contributed by atoms with Crippen LogP contribution >= 0.6 is 12.2 Å². The van der Waals surface area contributed by atoms with Crippen LogP contribution < -0.4 is 10.1 Å². The van der Waals surface area contributed by atoms with Crippen molar-refractivity contribution in [1.82, 2.24) is 10.2 Å². The monoisotopic (exact) mass is 413 g/mol. The van der Waals surface area contributed by atoms with Gasteiger partial charge in [0.25, 0.3) is 17.5 Å². The fraction of sp³-hybridized carbons (Fsp3) is 0.105. The van der Waals surface area contributed by atoms with Gasteiger partial charge in [0.1, 0.15) is 22.8 Å². The highest BCUT2D eigenvalue weighted by Gasteiger charge is 2.33. The van der Waals surface area contributed by atoms with Gasteiger partial charge in [-0.05, 0) is 42.6 Å². The van der Waals surface area contributed by atoms with E-state index in [4.69, 9.17) is 21.4 Å². The zero-order valence-corrected chi connectivity index (χ0v) is 16.0. The van der Waals surface area contributed by atoms with Gasteiger partial charge in [-0.3, -0.25) is 29.9 Å². The molecule has 0 aliphatic carbocycles. The van der Waals surface area contributed by atoms with E-state index in [1.807, 2.05) is 0 Å². The summed E-state index contributed by atoms with van der Waals surface area (Å²) in [6.07, 6.45) is 2.74. The molecule has 1 aromatic heterocycles. The molecule has 9 nitrogen and oxygen atoms in total. The van der Waals surface area contributed by atoms with E-state index in [1.54, 1.807) is 6.07 Å². The highest BCUT2D eigenvalue weighted by molar-refractivity contribution is 7.80. The summed E-state index contributed by atoms with van der Waals surface area (Å²) < 4.78 is 10.6. The Morgan fingerprint density at radius 3 is 2.76 bits per heavy atom. The number of furan rings is 1. The van der Waals surface area contributed by atoms with Crippen LogP contribution in [0.3, 0.4) is 0 Å². The van der Waals surface area contributed by atoms with Gasteiger partial charge in [0.2, 0.25) is 0 Å². The van der Waals surface area contributed by atoms with E-state index in [0.717, 1.165) is 0 Å². The highest BCUT2D eigenvalue weighted by atomic mass is 32.1. The molecule has 0 bridgehead atoms. The number of rotatable bonds is 6. The molecule has 2 amide bonds. The van der Waals surface area contributed by atoms with E-state index >= 15 is 0 Å². The fourth-order valence-corrected chi connectivity index (χ4v) is 2.95. The third-order valence-corrected chi connectivity index (χ3v) is 4.40. The van der Waals surface area contributed by atoms with Crippen molar-refractivity contribution >= 4 is 40.9 Å². The maximum atomic E-state index is 12.5. The van der Waals surface area contributed by atoms with Gasteiger partial charge in [-0.1, -0.05) is 6.08 Å². The number of carbonyl (C=O) groups excluding carboxylic acids is 2. The van der Waals surface area contributed by atoms with Crippen molar-refractivity contribution in [3.63, 3.8) is 0 Å². The van der Waals surface area contributed by atoms with Gasteiger partial charge in [0.05, 0.1) is 23.7 Å². The average molecular weight is 413 g/mol. The van der Waals surface area contributed by atoms with Crippen LogP contribution in [-0.4, -0.2) is 40.4 Å². The zero-order chi connectivity index (χ0) is 21.1. The predicted octanol–water partition coefficient (Wildman–Crippen LogP) is 2.68. The SMILES string of the molecule is C=CCN1C(=O)/C(=C\c2ccc(-c3ccc(OC)cc3[N+](=O)[O-])o2)C(=O)NC1=S. The molecular formula is C19H15N3O6S. The number of nitro groups is 1. The first-order chi connectivity index (χ1) is 13.8. The predicted molar refractivity (Wildman–Crippen MR) is 108 cm³/mol. The topological polar surface area (TPSA) is 115 Å². The van der Waals surface area contributed by atoms with Crippen molar-refractivity contribution in [1.29, 1.82) is 0 Å². The summed E-state index contributed by atoms with van der Waals surface area (Å²) in [6, 6.07) is 7.35. The second-order valence-electron chi connectivity index (χ2n) is 5.86. The van der Waals surface area contributed by atoms with Crippen LogP contribution in [0.4, 0.5) is 5.69 Å². The summed E-state index contributed by atoms with van der Waals surface area (Å²) in [7, 11) is 1.41. The van der Waals surface area contributed by atoms with Crippen LogP contribution in [-0.2, 0) is 9.59 Å². The zero-order valence-electron chi connectivity index (χ0n) is 15.2. The van der Waals surface area contributed by atoms with E-state index in [2.05, 4.69) is 11.9 Å². The van der Waals surface area contributed by atoms with Gasteiger partial charge in [-0.2, -0.15) is 0 Å². The largest absolute Gasteiger partial charge is 0.497 e. The first-order valence-corrected chi connectivity index (χ1v) is 8.69. The fourth-order valence-electron chi connectivity index (χ4n) is 2.70. The van der Waals surface area contributed by atoms with Crippen LogP contribution in [0.15, 0.2) is 53.0 Å². The molecule has 148 valence electrons. The van der Waals surface area contributed by atoms with Gasteiger partial charge >= 0.3 is 0 Å². The molecule has 1 saturated heterocycles. The quantitative estimate of drug-likeness (QED) is 0.193. The molecule has 29 heavy (non-hydrogen) atoms. The van der Waals surface area contributed by atoms with Crippen molar-refractivity contribution in [2.24, 2.45) is 0 Å².